The maximum absolute atomic E-state index is 13.4. The molecule has 2 saturated heterocycles. The minimum Gasteiger partial charge on any atom is -0.492 e. The third-order valence-corrected chi connectivity index (χ3v) is 9.89. The zero-order chi connectivity index (χ0) is 32.7. The summed E-state index contributed by atoms with van der Waals surface area (Å²) >= 11 is 0. The Morgan fingerprint density at radius 3 is 2.51 bits per heavy atom. The normalized spacial score (nSPS) is 45.3. The fourth-order valence-electron chi connectivity index (χ4n) is 7.33. The number of nitrogens with one attached hydrogen (secondary N) is 4. The average molecular weight is 642 g/mol. The van der Waals surface area contributed by atoms with Gasteiger partial charge in [0.2, 0.25) is 0 Å². The number of likely N-dealkylation sites (N-methyl/N-ethyl adjacent to an activating group) is 1. The monoisotopic (exact) mass is 641 g/mol. The van der Waals surface area contributed by atoms with Crippen LogP contribution in [0.5, 0.6) is 0 Å². The number of ether oxygens (including phenoxy) is 3. The highest BCUT2D eigenvalue weighted by atomic mass is 16.7. The lowest BCUT2D eigenvalue weighted by Gasteiger charge is -2.51. The van der Waals surface area contributed by atoms with Gasteiger partial charge in [-0.2, -0.15) is 0 Å². The van der Waals surface area contributed by atoms with E-state index >= 15 is 0 Å². The molecule has 256 valence electrons. The molecule has 2 saturated carbocycles. The molecule has 17 nitrogen and oxygen atoms in total. The lowest BCUT2D eigenvalue weighted by atomic mass is 9.71. The maximum Gasteiger partial charge on any atom is 0.252 e. The summed E-state index contributed by atoms with van der Waals surface area (Å²) in [5.41, 5.74) is 20.5. The molecule has 11 unspecified atom stereocenters. The number of aliphatic hydroxyl groups is 4. The van der Waals surface area contributed by atoms with E-state index < -0.39 is 77.9 Å². The summed E-state index contributed by atoms with van der Waals surface area (Å²) in [6.45, 7) is 3.15. The van der Waals surface area contributed by atoms with E-state index in [0.29, 0.717) is 12.2 Å². The van der Waals surface area contributed by atoms with Crippen molar-refractivity contribution in [2.24, 2.45) is 33.8 Å². The fraction of sp³-hybridized carbons (Fsp3) is 0.857. The third-order valence-electron chi connectivity index (χ3n) is 9.89. The minimum absolute atomic E-state index is 0.0169. The molecule has 0 spiro atoms. The van der Waals surface area contributed by atoms with Gasteiger partial charge in [-0.25, -0.2) is 0 Å². The van der Waals surface area contributed by atoms with Crippen LogP contribution in [0.1, 0.15) is 32.6 Å². The molecular weight excluding hydrogens is 590 g/mol. The van der Waals surface area contributed by atoms with Crippen molar-refractivity contribution in [3.05, 3.63) is 11.8 Å². The highest BCUT2D eigenvalue weighted by Crippen LogP contribution is 2.39. The molecule has 3 aliphatic heterocycles. The molecule has 0 aromatic carbocycles. The van der Waals surface area contributed by atoms with Crippen molar-refractivity contribution in [2.45, 2.75) is 111 Å². The second-order valence-corrected chi connectivity index (χ2v) is 13.4. The zero-order valence-corrected chi connectivity index (χ0v) is 25.8. The molecule has 0 aromatic rings. The minimum atomic E-state index is -1.73. The van der Waals surface area contributed by atoms with Gasteiger partial charge in [-0.05, 0) is 32.9 Å². The zero-order valence-electron chi connectivity index (χ0n) is 25.8. The molecule has 16 N–H and O–H groups in total. The molecule has 5 aliphatic rings. The standard InChI is InChI=1S/C28H51N9O8/c1-27(41)11-43-24(20(39)23(27)33-2)45-22-17(37-25(40)28(42)6-12(7-28)36-26(31)32)5-15(30)18(19(22)38)21-16(35-13-9-34-10-13)4-3-14(8-29)44-21/h3,12-13,15-24,33-35,38-39,41-42H,4-11,29-30H2,1-2H3,(H,37,40)(H4,31,32,36). The number of nitrogens with two attached hydrogens (primary N) is 4. The SMILES string of the molecule is CNC1C(O)C(OC2C(NC(=O)C3(O)CC(N=C(N)N)C3)CC(N)C(C3OC(CN)=CCC3NC3CNC3)C2O)OCC1(C)O. The van der Waals surface area contributed by atoms with Crippen LogP contribution in [0.15, 0.2) is 16.8 Å². The van der Waals surface area contributed by atoms with E-state index in [-0.39, 0.29) is 50.5 Å². The first kappa shape index (κ1) is 34.2. The van der Waals surface area contributed by atoms with Gasteiger partial charge in [0.15, 0.2) is 12.2 Å². The van der Waals surface area contributed by atoms with E-state index in [9.17, 15) is 25.2 Å². The Morgan fingerprint density at radius 2 is 1.91 bits per heavy atom. The first-order chi connectivity index (χ1) is 21.3. The quantitative estimate of drug-likeness (QED) is 0.0782. The summed E-state index contributed by atoms with van der Waals surface area (Å²) in [4.78, 5) is 17.4. The highest BCUT2D eigenvalue weighted by molar-refractivity contribution is 5.87. The van der Waals surface area contributed by atoms with Crippen LogP contribution in [0.3, 0.4) is 0 Å². The van der Waals surface area contributed by atoms with E-state index in [4.69, 9.17) is 37.1 Å². The number of aliphatic imine (C=N–C) groups is 1. The number of hydrogen-bond donors (Lipinski definition) is 12. The summed E-state index contributed by atoms with van der Waals surface area (Å²) in [6, 6.07) is -2.71. The fourth-order valence-corrected chi connectivity index (χ4v) is 7.33. The molecule has 2 aliphatic carbocycles. The van der Waals surface area contributed by atoms with E-state index in [1.54, 1.807) is 7.05 Å². The molecule has 1 amide bonds. The van der Waals surface area contributed by atoms with E-state index in [0.717, 1.165) is 13.1 Å². The molecule has 45 heavy (non-hydrogen) atoms. The van der Waals surface area contributed by atoms with Gasteiger partial charge in [-0.15, -0.1) is 0 Å². The van der Waals surface area contributed by atoms with Gasteiger partial charge in [-0.1, -0.05) is 0 Å². The molecule has 4 fully saturated rings. The van der Waals surface area contributed by atoms with Gasteiger partial charge in [-0.3, -0.25) is 9.79 Å². The Hall–Kier alpha value is -2.16. The number of carbonyl (C=O) groups is 1. The topological polar surface area (TPSA) is 290 Å². The molecular formula is C28H51N9O8. The number of hydrogen-bond acceptors (Lipinski definition) is 14. The van der Waals surface area contributed by atoms with E-state index in [1.165, 1.54) is 6.92 Å². The molecule has 0 radical (unpaired) electrons. The van der Waals surface area contributed by atoms with Crippen LogP contribution < -0.4 is 44.2 Å². The van der Waals surface area contributed by atoms with Crippen LogP contribution in [0.25, 0.3) is 0 Å². The van der Waals surface area contributed by atoms with Crippen LogP contribution in [-0.2, 0) is 19.0 Å². The van der Waals surface area contributed by atoms with Crippen molar-refractivity contribution in [3.8, 4) is 0 Å². The number of guanidine groups is 1. The smallest absolute Gasteiger partial charge is 0.252 e. The lowest BCUT2D eigenvalue weighted by molar-refractivity contribution is -0.297. The van der Waals surface area contributed by atoms with Crippen molar-refractivity contribution in [1.82, 2.24) is 21.3 Å². The first-order valence-electron chi connectivity index (χ1n) is 15.7. The van der Waals surface area contributed by atoms with Crippen molar-refractivity contribution in [3.63, 3.8) is 0 Å². The Bertz CT molecular complexity index is 1110. The summed E-state index contributed by atoms with van der Waals surface area (Å²) in [5.74, 6) is -0.899. The van der Waals surface area contributed by atoms with Crippen LogP contribution in [-0.4, -0.2) is 144 Å². The summed E-state index contributed by atoms with van der Waals surface area (Å²) in [6.07, 6.45) is -2.89. The number of nitrogens with zero attached hydrogens (tertiary/aromatic N) is 1. The lowest BCUT2D eigenvalue weighted by Crippen LogP contribution is -2.71. The van der Waals surface area contributed by atoms with Gasteiger partial charge < -0.3 is 78.8 Å². The number of amides is 1. The maximum atomic E-state index is 13.4. The molecule has 11 atom stereocenters. The van der Waals surface area contributed by atoms with Crippen LogP contribution in [0, 0.1) is 5.92 Å². The van der Waals surface area contributed by atoms with Crippen LogP contribution >= 0.6 is 0 Å². The second kappa shape index (κ2) is 13.5. The summed E-state index contributed by atoms with van der Waals surface area (Å²) < 4.78 is 18.4. The van der Waals surface area contributed by atoms with Gasteiger partial charge in [0.05, 0.1) is 37.4 Å². The van der Waals surface area contributed by atoms with E-state index in [1.807, 2.05) is 6.08 Å². The Morgan fingerprint density at radius 1 is 1.20 bits per heavy atom. The second-order valence-electron chi connectivity index (χ2n) is 13.4. The van der Waals surface area contributed by atoms with Crippen LogP contribution in [0.2, 0.25) is 0 Å². The third kappa shape index (κ3) is 7.08. The van der Waals surface area contributed by atoms with Crippen molar-refractivity contribution >= 4 is 11.9 Å². The van der Waals surface area contributed by atoms with E-state index in [2.05, 4.69) is 26.3 Å². The predicted molar refractivity (Wildman–Crippen MR) is 162 cm³/mol. The number of aliphatic hydroxyl groups excluding tert-OH is 2. The Kier molecular flexibility index (Phi) is 10.3. The Balaban J connectivity index is 1.39. The van der Waals surface area contributed by atoms with Gasteiger partial charge in [0.1, 0.15) is 35.3 Å². The van der Waals surface area contributed by atoms with Gasteiger partial charge in [0.25, 0.3) is 5.91 Å². The highest BCUT2D eigenvalue weighted by Gasteiger charge is 2.56. The molecule has 5 rings (SSSR count). The Labute approximate surface area is 262 Å². The predicted octanol–water partition coefficient (Wildman–Crippen LogP) is -5.65. The number of rotatable bonds is 10. The van der Waals surface area contributed by atoms with Gasteiger partial charge in [0, 0.05) is 50.0 Å². The first-order valence-corrected chi connectivity index (χ1v) is 15.7. The summed E-state index contributed by atoms with van der Waals surface area (Å²) in [5, 5.41) is 57.5. The molecule has 0 bridgehead atoms. The van der Waals surface area contributed by atoms with Crippen LogP contribution in [0.4, 0.5) is 0 Å². The van der Waals surface area contributed by atoms with Crippen molar-refractivity contribution < 1.29 is 39.4 Å². The molecule has 17 heteroatoms. The average Bonchev–Trinajstić information content (AvgIpc) is 2.93. The van der Waals surface area contributed by atoms with Crippen molar-refractivity contribution in [1.29, 1.82) is 0 Å². The van der Waals surface area contributed by atoms with Gasteiger partial charge >= 0.3 is 0 Å². The summed E-state index contributed by atoms with van der Waals surface area (Å²) in [7, 11) is 1.60. The molecule has 3 heterocycles. The molecule has 0 aromatic heterocycles. The largest absolute Gasteiger partial charge is 0.492 e. The van der Waals surface area contributed by atoms with Crippen molar-refractivity contribution in [2.75, 3.05) is 33.3 Å². The number of carbonyl (C=O) groups excluding carboxylic acids is 1.